The van der Waals surface area contributed by atoms with Crippen molar-refractivity contribution in [3.8, 4) is 0 Å². The number of carbonyl (C=O) groups excluding carboxylic acids is 2. The molecule has 0 aromatic carbocycles. The van der Waals surface area contributed by atoms with Gasteiger partial charge >= 0.3 is 5.97 Å². The van der Waals surface area contributed by atoms with Gasteiger partial charge in [0.05, 0.1) is 0 Å². The summed E-state index contributed by atoms with van der Waals surface area (Å²) in [5.41, 5.74) is 0. The number of carboxylic acid groups (broad SMARTS) is 1. The van der Waals surface area contributed by atoms with Gasteiger partial charge in [-0.3, -0.25) is 14.4 Å². The third-order valence-electron chi connectivity index (χ3n) is 3.03. The predicted molar refractivity (Wildman–Crippen MR) is 71.6 cm³/mol. The number of nitrogens with zero attached hydrogens (tertiary/aromatic N) is 2. The second-order valence-corrected chi connectivity index (χ2v) is 4.81. The third kappa shape index (κ3) is 6.79. The van der Waals surface area contributed by atoms with Crippen molar-refractivity contribution in [2.24, 2.45) is 0 Å². The highest BCUT2D eigenvalue weighted by Gasteiger charge is 2.21. The molecule has 0 saturated heterocycles. The van der Waals surface area contributed by atoms with Gasteiger partial charge < -0.3 is 14.9 Å². The molecule has 0 aliphatic heterocycles. The van der Waals surface area contributed by atoms with Crippen molar-refractivity contribution in [1.82, 2.24) is 9.80 Å². The first-order valence-corrected chi connectivity index (χ1v) is 6.51. The lowest BCUT2D eigenvalue weighted by Gasteiger charge is -2.27. The highest BCUT2D eigenvalue weighted by Crippen LogP contribution is 2.09. The number of amides is 2. The SMILES string of the molecule is CCC(C)N(CC(=O)O)C(=O)CCCC(=O)N(C)C. The van der Waals surface area contributed by atoms with Crippen molar-refractivity contribution in [2.45, 2.75) is 45.6 Å². The van der Waals surface area contributed by atoms with Gasteiger partial charge in [-0.2, -0.15) is 0 Å². The molecule has 0 aliphatic carbocycles. The molecule has 0 aromatic heterocycles. The molecule has 0 aromatic rings. The first kappa shape index (κ1) is 17.4. The number of carboxylic acids is 1. The Morgan fingerprint density at radius 1 is 1.11 bits per heavy atom. The molecule has 2 amide bonds. The van der Waals surface area contributed by atoms with Gasteiger partial charge in [-0.05, 0) is 19.8 Å². The van der Waals surface area contributed by atoms with Crippen molar-refractivity contribution in [3.05, 3.63) is 0 Å². The van der Waals surface area contributed by atoms with Crippen molar-refractivity contribution in [2.75, 3.05) is 20.6 Å². The average Bonchev–Trinajstić information content (AvgIpc) is 2.34. The Morgan fingerprint density at radius 2 is 1.63 bits per heavy atom. The molecule has 0 fully saturated rings. The van der Waals surface area contributed by atoms with Gasteiger partial charge in [-0.15, -0.1) is 0 Å². The first-order valence-electron chi connectivity index (χ1n) is 6.51. The molecule has 110 valence electrons. The molecule has 1 N–H and O–H groups in total. The molecular formula is C13H24N2O4. The van der Waals surface area contributed by atoms with Crippen molar-refractivity contribution in [1.29, 1.82) is 0 Å². The van der Waals surface area contributed by atoms with E-state index in [1.54, 1.807) is 14.1 Å². The van der Waals surface area contributed by atoms with Crippen molar-refractivity contribution >= 4 is 17.8 Å². The lowest BCUT2D eigenvalue weighted by Crippen LogP contribution is -2.41. The molecule has 0 radical (unpaired) electrons. The lowest BCUT2D eigenvalue weighted by atomic mass is 10.1. The molecular weight excluding hydrogens is 248 g/mol. The summed E-state index contributed by atoms with van der Waals surface area (Å²) < 4.78 is 0. The maximum atomic E-state index is 12.0. The van der Waals surface area contributed by atoms with Crippen LogP contribution in [0.4, 0.5) is 0 Å². The minimum absolute atomic E-state index is 0.0267. The van der Waals surface area contributed by atoms with Gasteiger partial charge in [0.2, 0.25) is 11.8 Å². The number of carbonyl (C=O) groups is 3. The second kappa shape index (κ2) is 8.50. The van der Waals surface area contributed by atoms with Crippen LogP contribution in [0.15, 0.2) is 0 Å². The van der Waals surface area contributed by atoms with Gasteiger partial charge in [0.1, 0.15) is 6.54 Å². The Morgan fingerprint density at radius 3 is 2.05 bits per heavy atom. The first-order chi connectivity index (χ1) is 8.79. The Labute approximate surface area is 114 Å². The highest BCUT2D eigenvalue weighted by molar-refractivity contribution is 5.82. The molecule has 6 heteroatoms. The zero-order valence-electron chi connectivity index (χ0n) is 12.2. The second-order valence-electron chi connectivity index (χ2n) is 4.81. The number of hydrogen-bond donors (Lipinski definition) is 1. The highest BCUT2D eigenvalue weighted by atomic mass is 16.4. The molecule has 0 bridgehead atoms. The Kier molecular flexibility index (Phi) is 7.79. The average molecular weight is 272 g/mol. The molecule has 0 rings (SSSR count). The van der Waals surface area contributed by atoms with E-state index in [0.29, 0.717) is 19.3 Å². The summed E-state index contributed by atoms with van der Waals surface area (Å²) >= 11 is 0. The summed E-state index contributed by atoms with van der Waals surface area (Å²) in [4.78, 5) is 36.9. The van der Waals surface area contributed by atoms with Gasteiger partial charge in [0.15, 0.2) is 0 Å². The van der Waals surface area contributed by atoms with E-state index in [4.69, 9.17) is 5.11 Å². The minimum Gasteiger partial charge on any atom is -0.480 e. The molecule has 1 unspecified atom stereocenters. The quantitative estimate of drug-likeness (QED) is 0.714. The monoisotopic (exact) mass is 272 g/mol. The molecule has 0 spiro atoms. The fourth-order valence-corrected chi connectivity index (χ4v) is 1.61. The number of hydrogen-bond acceptors (Lipinski definition) is 3. The summed E-state index contributed by atoms with van der Waals surface area (Å²) in [6, 6.07) is -0.104. The maximum absolute atomic E-state index is 12.0. The lowest BCUT2D eigenvalue weighted by molar-refractivity contribution is -0.146. The standard InChI is InChI=1S/C13H24N2O4/c1-5-10(2)15(9-13(18)19)12(17)8-6-7-11(16)14(3)4/h10H,5-9H2,1-4H3,(H,18,19). The molecule has 0 saturated carbocycles. The summed E-state index contributed by atoms with van der Waals surface area (Å²) in [6.07, 6.45) is 1.66. The Bertz CT molecular complexity index is 329. The summed E-state index contributed by atoms with van der Waals surface area (Å²) in [6.45, 7) is 3.45. The van der Waals surface area contributed by atoms with Crippen LogP contribution >= 0.6 is 0 Å². The predicted octanol–water partition coefficient (Wildman–Crippen LogP) is 0.957. The Balaban J connectivity index is 4.33. The number of rotatable bonds is 8. The van der Waals surface area contributed by atoms with Crippen LogP contribution in [-0.4, -0.2) is 59.4 Å². The van der Waals surface area contributed by atoms with Crippen LogP contribution in [0.1, 0.15) is 39.5 Å². The van der Waals surface area contributed by atoms with Crippen LogP contribution in [0.2, 0.25) is 0 Å². The Hall–Kier alpha value is -1.59. The third-order valence-corrected chi connectivity index (χ3v) is 3.03. The summed E-state index contributed by atoms with van der Waals surface area (Å²) in [5.74, 6) is -1.25. The van der Waals surface area contributed by atoms with E-state index in [1.807, 2.05) is 13.8 Å². The van der Waals surface area contributed by atoms with E-state index in [-0.39, 0.29) is 30.8 Å². The zero-order chi connectivity index (χ0) is 15.0. The molecule has 19 heavy (non-hydrogen) atoms. The topological polar surface area (TPSA) is 77.9 Å². The largest absolute Gasteiger partial charge is 0.480 e. The van der Waals surface area contributed by atoms with Crippen LogP contribution in [-0.2, 0) is 14.4 Å². The molecule has 0 aliphatic rings. The minimum atomic E-state index is -1.02. The van der Waals surface area contributed by atoms with E-state index in [2.05, 4.69) is 0 Å². The maximum Gasteiger partial charge on any atom is 0.323 e. The van der Waals surface area contributed by atoms with E-state index in [0.717, 1.165) is 0 Å². The van der Waals surface area contributed by atoms with E-state index in [9.17, 15) is 14.4 Å². The summed E-state index contributed by atoms with van der Waals surface area (Å²) in [7, 11) is 3.33. The number of aliphatic carboxylic acids is 1. The molecule has 1 atom stereocenters. The summed E-state index contributed by atoms with van der Waals surface area (Å²) in [5, 5.41) is 8.81. The van der Waals surface area contributed by atoms with Crippen LogP contribution in [0.5, 0.6) is 0 Å². The van der Waals surface area contributed by atoms with Crippen molar-refractivity contribution in [3.63, 3.8) is 0 Å². The van der Waals surface area contributed by atoms with E-state index in [1.165, 1.54) is 9.80 Å². The van der Waals surface area contributed by atoms with Crippen LogP contribution in [0.25, 0.3) is 0 Å². The smallest absolute Gasteiger partial charge is 0.323 e. The van der Waals surface area contributed by atoms with Crippen molar-refractivity contribution < 1.29 is 19.5 Å². The van der Waals surface area contributed by atoms with Gasteiger partial charge in [-0.1, -0.05) is 6.92 Å². The van der Waals surface area contributed by atoms with Crippen LogP contribution < -0.4 is 0 Å². The van der Waals surface area contributed by atoms with Gasteiger partial charge in [-0.25, -0.2) is 0 Å². The zero-order valence-corrected chi connectivity index (χ0v) is 12.2. The van der Waals surface area contributed by atoms with Gasteiger partial charge in [0, 0.05) is 33.0 Å². The molecule has 6 nitrogen and oxygen atoms in total. The fourth-order valence-electron chi connectivity index (χ4n) is 1.61. The molecule has 0 heterocycles. The van der Waals surface area contributed by atoms with Gasteiger partial charge in [0.25, 0.3) is 0 Å². The van der Waals surface area contributed by atoms with Crippen LogP contribution in [0.3, 0.4) is 0 Å². The van der Waals surface area contributed by atoms with Crippen LogP contribution in [0, 0.1) is 0 Å². The fraction of sp³-hybridized carbons (Fsp3) is 0.769. The normalized spacial score (nSPS) is 11.8. The van der Waals surface area contributed by atoms with E-state index < -0.39 is 5.97 Å². The van der Waals surface area contributed by atoms with E-state index >= 15 is 0 Å².